The van der Waals surface area contributed by atoms with Gasteiger partial charge in [0.05, 0.1) is 6.20 Å². The molecule has 0 fully saturated rings. The molecule has 5 nitrogen and oxygen atoms in total. The molecular weight excluding hydrogens is 357 g/mol. The quantitative estimate of drug-likeness (QED) is 0.592. The topological polar surface area (TPSA) is 62.7 Å². The van der Waals surface area contributed by atoms with Gasteiger partial charge in [-0.15, -0.1) is 5.10 Å². The molecule has 0 amide bonds. The number of benzene rings is 2. The molecule has 0 radical (unpaired) electrons. The third-order valence-electron chi connectivity index (χ3n) is 3.53. The fourth-order valence-corrected chi connectivity index (χ4v) is 2.80. The first-order valence-corrected chi connectivity index (χ1v) is 8.55. The van der Waals surface area contributed by atoms with Gasteiger partial charge in [-0.2, -0.15) is 10.1 Å². The van der Waals surface area contributed by atoms with Crippen molar-refractivity contribution in [2.75, 3.05) is 10.6 Å². The molecule has 7 heteroatoms. The molecule has 3 aromatic rings. The second-order valence-corrected chi connectivity index (χ2v) is 6.72. The van der Waals surface area contributed by atoms with Crippen LogP contribution in [0, 0.1) is 0 Å². The summed E-state index contributed by atoms with van der Waals surface area (Å²) in [4.78, 5) is 4.40. The molecule has 0 saturated carbocycles. The molecule has 128 valence electrons. The van der Waals surface area contributed by atoms with Crippen molar-refractivity contribution in [3.05, 3.63) is 64.3 Å². The Morgan fingerprint density at radius 3 is 2.20 bits per heavy atom. The Kier molecular flexibility index (Phi) is 5.36. The predicted octanol–water partition coefficient (Wildman–Crippen LogP) is 5.79. The summed E-state index contributed by atoms with van der Waals surface area (Å²) in [6, 6.07) is 13.3. The summed E-state index contributed by atoms with van der Waals surface area (Å²) >= 11 is 12.0. The Balaban J connectivity index is 1.74. The lowest BCUT2D eigenvalue weighted by Crippen LogP contribution is -2.02. The number of hydrogen-bond acceptors (Lipinski definition) is 5. The van der Waals surface area contributed by atoms with E-state index >= 15 is 0 Å². The van der Waals surface area contributed by atoms with E-state index in [0.717, 1.165) is 5.69 Å². The van der Waals surface area contributed by atoms with Crippen LogP contribution in [0.3, 0.4) is 0 Å². The molecule has 2 N–H and O–H groups in total. The lowest BCUT2D eigenvalue weighted by atomic mass is 10.0. The minimum Gasteiger partial charge on any atom is -0.339 e. The van der Waals surface area contributed by atoms with E-state index in [0.29, 0.717) is 33.4 Å². The van der Waals surface area contributed by atoms with Gasteiger partial charge in [0.25, 0.3) is 0 Å². The summed E-state index contributed by atoms with van der Waals surface area (Å²) in [6.07, 6.45) is 1.56. The van der Waals surface area contributed by atoms with E-state index in [1.54, 1.807) is 24.4 Å². The van der Waals surface area contributed by atoms with Gasteiger partial charge in [-0.25, -0.2) is 0 Å². The molecule has 0 atom stereocenters. The third-order valence-corrected chi connectivity index (χ3v) is 3.96. The first-order valence-electron chi connectivity index (χ1n) is 7.79. The molecule has 0 aliphatic rings. The minimum absolute atomic E-state index is 0.349. The number of anilines is 4. The van der Waals surface area contributed by atoms with Gasteiger partial charge in [0.1, 0.15) is 0 Å². The molecule has 0 saturated heterocycles. The zero-order valence-corrected chi connectivity index (χ0v) is 15.3. The molecular formula is C18H17Cl2N5. The van der Waals surface area contributed by atoms with Gasteiger partial charge in [-0.1, -0.05) is 49.2 Å². The van der Waals surface area contributed by atoms with Gasteiger partial charge in [0.2, 0.25) is 5.95 Å². The number of rotatable bonds is 5. The van der Waals surface area contributed by atoms with Gasteiger partial charge in [0, 0.05) is 21.4 Å². The Bertz CT molecular complexity index is 845. The van der Waals surface area contributed by atoms with E-state index in [-0.39, 0.29) is 0 Å². The van der Waals surface area contributed by atoms with Crippen LogP contribution in [0.4, 0.5) is 23.1 Å². The highest BCUT2D eigenvalue weighted by Crippen LogP contribution is 2.25. The number of nitrogens with one attached hydrogen (secondary N) is 2. The minimum atomic E-state index is 0.349. The average Bonchev–Trinajstić information content (AvgIpc) is 2.54. The van der Waals surface area contributed by atoms with Crippen molar-refractivity contribution in [3.8, 4) is 0 Å². The van der Waals surface area contributed by atoms with Crippen LogP contribution in [0.25, 0.3) is 0 Å². The van der Waals surface area contributed by atoms with Gasteiger partial charge >= 0.3 is 0 Å². The van der Waals surface area contributed by atoms with Crippen LogP contribution >= 0.6 is 23.2 Å². The van der Waals surface area contributed by atoms with Gasteiger partial charge in [-0.05, 0) is 41.8 Å². The Morgan fingerprint density at radius 2 is 1.56 bits per heavy atom. The van der Waals surface area contributed by atoms with E-state index in [9.17, 15) is 0 Å². The number of nitrogens with zero attached hydrogens (tertiary/aromatic N) is 3. The molecule has 0 bridgehead atoms. The summed E-state index contributed by atoms with van der Waals surface area (Å²) < 4.78 is 0. The molecule has 25 heavy (non-hydrogen) atoms. The average molecular weight is 374 g/mol. The van der Waals surface area contributed by atoms with Crippen LogP contribution in [-0.4, -0.2) is 15.2 Å². The highest BCUT2D eigenvalue weighted by molar-refractivity contribution is 6.35. The lowest BCUT2D eigenvalue weighted by molar-refractivity contribution is 0.867. The standard InChI is InChI=1S/C18H17Cl2N5/c1-11(2)12-3-5-15(6-4-12)22-17-10-21-25-18(24-17)23-16-8-13(19)7-14(20)9-16/h3-11H,1-2H3,(H2,22,23,24,25). The van der Waals surface area contributed by atoms with E-state index in [2.05, 4.69) is 51.8 Å². The molecule has 1 aromatic heterocycles. The van der Waals surface area contributed by atoms with E-state index in [1.165, 1.54) is 5.56 Å². The fourth-order valence-electron chi connectivity index (χ4n) is 2.27. The number of halogens is 2. The summed E-state index contributed by atoms with van der Waals surface area (Å²) in [5.74, 6) is 1.43. The van der Waals surface area contributed by atoms with Crippen molar-refractivity contribution in [2.45, 2.75) is 19.8 Å². The highest BCUT2D eigenvalue weighted by Gasteiger charge is 2.05. The van der Waals surface area contributed by atoms with E-state index in [4.69, 9.17) is 23.2 Å². The fraction of sp³-hybridized carbons (Fsp3) is 0.167. The Labute approximate surface area is 156 Å². The normalized spacial score (nSPS) is 10.8. The van der Waals surface area contributed by atoms with Crippen LogP contribution < -0.4 is 10.6 Å². The van der Waals surface area contributed by atoms with Crippen molar-refractivity contribution in [2.24, 2.45) is 0 Å². The zero-order valence-electron chi connectivity index (χ0n) is 13.8. The summed E-state index contributed by atoms with van der Waals surface area (Å²) in [5.41, 5.74) is 2.91. The third kappa shape index (κ3) is 4.81. The summed E-state index contributed by atoms with van der Waals surface area (Å²) in [6.45, 7) is 4.33. The molecule has 2 aromatic carbocycles. The summed E-state index contributed by atoms with van der Waals surface area (Å²) in [7, 11) is 0. The first-order chi connectivity index (χ1) is 12.0. The van der Waals surface area contributed by atoms with Crippen molar-refractivity contribution < 1.29 is 0 Å². The Hall–Kier alpha value is -2.37. The van der Waals surface area contributed by atoms with Crippen LogP contribution in [0.1, 0.15) is 25.3 Å². The maximum Gasteiger partial charge on any atom is 0.249 e. The van der Waals surface area contributed by atoms with Crippen molar-refractivity contribution >= 4 is 46.3 Å². The predicted molar refractivity (Wildman–Crippen MR) is 103 cm³/mol. The molecule has 0 spiro atoms. The molecule has 0 aliphatic heterocycles. The number of aromatic nitrogens is 3. The molecule has 0 unspecified atom stereocenters. The first kappa shape index (κ1) is 17.5. The Morgan fingerprint density at radius 1 is 0.880 bits per heavy atom. The van der Waals surface area contributed by atoms with E-state index < -0.39 is 0 Å². The largest absolute Gasteiger partial charge is 0.339 e. The summed E-state index contributed by atoms with van der Waals surface area (Å²) in [5, 5.41) is 15.3. The molecule has 1 heterocycles. The smallest absolute Gasteiger partial charge is 0.249 e. The molecule has 3 rings (SSSR count). The SMILES string of the molecule is CC(C)c1ccc(Nc2cnnc(Nc3cc(Cl)cc(Cl)c3)n2)cc1. The van der Waals surface area contributed by atoms with Gasteiger partial charge in [0.15, 0.2) is 5.82 Å². The maximum atomic E-state index is 6.00. The van der Waals surface area contributed by atoms with Gasteiger partial charge < -0.3 is 10.6 Å². The molecule has 0 aliphatic carbocycles. The van der Waals surface area contributed by atoms with Crippen LogP contribution in [-0.2, 0) is 0 Å². The van der Waals surface area contributed by atoms with Crippen LogP contribution in [0.2, 0.25) is 10.0 Å². The van der Waals surface area contributed by atoms with Crippen molar-refractivity contribution in [3.63, 3.8) is 0 Å². The highest BCUT2D eigenvalue weighted by atomic mass is 35.5. The maximum absolute atomic E-state index is 6.00. The lowest BCUT2D eigenvalue weighted by Gasteiger charge is -2.10. The van der Waals surface area contributed by atoms with Crippen molar-refractivity contribution in [1.29, 1.82) is 0 Å². The van der Waals surface area contributed by atoms with Gasteiger partial charge in [-0.3, -0.25) is 0 Å². The second-order valence-electron chi connectivity index (χ2n) is 5.85. The second kappa shape index (κ2) is 7.68. The number of hydrogen-bond donors (Lipinski definition) is 2. The van der Waals surface area contributed by atoms with E-state index in [1.807, 2.05) is 12.1 Å². The van der Waals surface area contributed by atoms with Crippen LogP contribution in [0.15, 0.2) is 48.7 Å². The van der Waals surface area contributed by atoms with Crippen molar-refractivity contribution in [1.82, 2.24) is 15.2 Å². The zero-order chi connectivity index (χ0) is 17.8. The monoisotopic (exact) mass is 373 g/mol. The van der Waals surface area contributed by atoms with Crippen LogP contribution in [0.5, 0.6) is 0 Å².